The third-order valence-electron chi connectivity index (χ3n) is 3.91. The summed E-state index contributed by atoms with van der Waals surface area (Å²) >= 11 is 1.71. The SMILES string of the molecule is CC(Cc1ccsc1)NC1CCS(=O)(=O)c2ccccc21. The molecular weight excluding hydrogens is 302 g/mol. The van der Waals surface area contributed by atoms with E-state index in [-0.39, 0.29) is 11.8 Å². The quantitative estimate of drug-likeness (QED) is 0.941. The van der Waals surface area contributed by atoms with Crippen LogP contribution in [0.4, 0.5) is 0 Å². The molecule has 2 atom stereocenters. The minimum absolute atomic E-state index is 0.123. The summed E-state index contributed by atoms with van der Waals surface area (Å²) in [5, 5.41) is 7.84. The van der Waals surface area contributed by atoms with Gasteiger partial charge in [-0.1, -0.05) is 18.2 Å². The van der Waals surface area contributed by atoms with Gasteiger partial charge in [0.15, 0.2) is 9.84 Å². The van der Waals surface area contributed by atoms with Crippen LogP contribution in [-0.4, -0.2) is 20.2 Å². The smallest absolute Gasteiger partial charge is 0.178 e. The summed E-state index contributed by atoms with van der Waals surface area (Å²) in [5.74, 6) is 0.229. The van der Waals surface area contributed by atoms with Crippen molar-refractivity contribution in [3.8, 4) is 0 Å². The zero-order valence-corrected chi connectivity index (χ0v) is 13.6. The highest BCUT2D eigenvalue weighted by atomic mass is 32.2. The predicted molar refractivity (Wildman–Crippen MR) is 86.5 cm³/mol. The molecule has 3 nitrogen and oxygen atoms in total. The zero-order chi connectivity index (χ0) is 14.9. The van der Waals surface area contributed by atoms with Crippen molar-refractivity contribution in [2.75, 3.05) is 5.75 Å². The first-order valence-electron chi connectivity index (χ1n) is 7.15. The lowest BCUT2D eigenvalue weighted by atomic mass is 10.0. The molecule has 3 rings (SSSR count). The van der Waals surface area contributed by atoms with Crippen LogP contribution in [-0.2, 0) is 16.3 Å². The van der Waals surface area contributed by atoms with Gasteiger partial charge in [0.25, 0.3) is 0 Å². The molecule has 0 radical (unpaired) electrons. The zero-order valence-electron chi connectivity index (χ0n) is 12.0. The van der Waals surface area contributed by atoms with E-state index >= 15 is 0 Å². The molecule has 1 aliphatic rings. The Labute approximate surface area is 129 Å². The minimum atomic E-state index is -3.10. The van der Waals surface area contributed by atoms with Gasteiger partial charge in [0.1, 0.15) is 0 Å². The second kappa shape index (κ2) is 5.91. The van der Waals surface area contributed by atoms with E-state index in [1.807, 2.05) is 12.1 Å². The Bertz CT molecular complexity index is 708. The molecule has 0 saturated carbocycles. The highest BCUT2D eigenvalue weighted by molar-refractivity contribution is 7.91. The highest BCUT2D eigenvalue weighted by Crippen LogP contribution is 2.32. The van der Waals surface area contributed by atoms with Crippen LogP contribution in [0.15, 0.2) is 46.0 Å². The molecule has 0 aliphatic carbocycles. The minimum Gasteiger partial charge on any atom is -0.307 e. The topological polar surface area (TPSA) is 46.2 Å². The van der Waals surface area contributed by atoms with Gasteiger partial charge in [0.05, 0.1) is 10.6 Å². The highest BCUT2D eigenvalue weighted by Gasteiger charge is 2.30. The maximum absolute atomic E-state index is 12.1. The van der Waals surface area contributed by atoms with E-state index in [1.165, 1.54) is 5.56 Å². The molecule has 0 amide bonds. The third-order valence-corrected chi connectivity index (χ3v) is 6.46. The fourth-order valence-corrected chi connectivity index (χ4v) is 5.23. The van der Waals surface area contributed by atoms with Gasteiger partial charge in [-0.2, -0.15) is 11.3 Å². The number of hydrogen-bond acceptors (Lipinski definition) is 4. The fourth-order valence-electron chi connectivity index (χ4n) is 2.93. The van der Waals surface area contributed by atoms with Crippen molar-refractivity contribution in [2.24, 2.45) is 0 Å². The third kappa shape index (κ3) is 3.20. The van der Waals surface area contributed by atoms with E-state index < -0.39 is 9.84 Å². The Kier molecular flexibility index (Phi) is 4.15. The van der Waals surface area contributed by atoms with Crippen molar-refractivity contribution in [3.05, 3.63) is 52.2 Å². The first-order valence-corrected chi connectivity index (χ1v) is 9.74. The van der Waals surface area contributed by atoms with Gasteiger partial charge < -0.3 is 5.32 Å². The number of rotatable bonds is 4. The van der Waals surface area contributed by atoms with Crippen molar-refractivity contribution in [3.63, 3.8) is 0 Å². The average molecular weight is 321 g/mol. The molecule has 0 bridgehead atoms. The molecule has 1 aromatic heterocycles. The maximum Gasteiger partial charge on any atom is 0.178 e. The first kappa shape index (κ1) is 14.8. The number of sulfone groups is 1. The van der Waals surface area contributed by atoms with E-state index in [2.05, 4.69) is 29.1 Å². The van der Waals surface area contributed by atoms with Crippen molar-refractivity contribution >= 4 is 21.2 Å². The lowest BCUT2D eigenvalue weighted by Crippen LogP contribution is -2.36. The van der Waals surface area contributed by atoms with Crippen molar-refractivity contribution in [2.45, 2.75) is 36.7 Å². The van der Waals surface area contributed by atoms with Gasteiger partial charge in [0.2, 0.25) is 0 Å². The van der Waals surface area contributed by atoms with Crippen LogP contribution in [0.3, 0.4) is 0 Å². The molecule has 0 fully saturated rings. The van der Waals surface area contributed by atoms with Gasteiger partial charge in [-0.3, -0.25) is 0 Å². The van der Waals surface area contributed by atoms with Gasteiger partial charge in [-0.05, 0) is 53.8 Å². The molecule has 0 spiro atoms. The van der Waals surface area contributed by atoms with Gasteiger partial charge in [-0.25, -0.2) is 8.42 Å². The summed E-state index contributed by atoms with van der Waals surface area (Å²) in [7, 11) is -3.10. The number of benzene rings is 1. The molecule has 5 heteroatoms. The lowest BCUT2D eigenvalue weighted by molar-refractivity contribution is 0.430. The van der Waals surface area contributed by atoms with Crippen molar-refractivity contribution in [1.29, 1.82) is 0 Å². The molecule has 21 heavy (non-hydrogen) atoms. The molecular formula is C16H19NO2S2. The monoisotopic (exact) mass is 321 g/mol. The first-order chi connectivity index (χ1) is 10.1. The summed E-state index contributed by atoms with van der Waals surface area (Å²) < 4.78 is 24.3. The van der Waals surface area contributed by atoms with E-state index in [0.29, 0.717) is 17.4 Å². The van der Waals surface area contributed by atoms with Gasteiger partial charge in [-0.15, -0.1) is 0 Å². The molecule has 0 saturated heterocycles. The van der Waals surface area contributed by atoms with Crippen LogP contribution in [0.5, 0.6) is 0 Å². The molecule has 2 aromatic rings. The largest absolute Gasteiger partial charge is 0.307 e. The van der Waals surface area contributed by atoms with Crippen LogP contribution in [0.2, 0.25) is 0 Å². The molecule has 1 aliphatic heterocycles. The van der Waals surface area contributed by atoms with Crippen LogP contribution in [0.1, 0.15) is 30.5 Å². The molecule has 1 N–H and O–H groups in total. The Morgan fingerprint density at radius 2 is 2.14 bits per heavy atom. The Morgan fingerprint density at radius 1 is 1.33 bits per heavy atom. The number of thiophene rings is 1. The van der Waals surface area contributed by atoms with Crippen LogP contribution < -0.4 is 5.32 Å². The van der Waals surface area contributed by atoms with Crippen LogP contribution in [0.25, 0.3) is 0 Å². The summed E-state index contributed by atoms with van der Waals surface area (Å²) in [4.78, 5) is 0.497. The summed E-state index contributed by atoms with van der Waals surface area (Å²) in [6.07, 6.45) is 1.61. The van der Waals surface area contributed by atoms with E-state index in [9.17, 15) is 8.42 Å². The molecule has 112 valence electrons. The van der Waals surface area contributed by atoms with Crippen molar-refractivity contribution < 1.29 is 8.42 Å². The summed E-state index contributed by atoms with van der Waals surface area (Å²) in [5.41, 5.74) is 2.25. The summed E-state index contributed by atoms with van der Waals surface area (Å²) in [6, 6.07) is 9.95. The normalized spacial score (nSPS) is 21.7. The van der Waals surface area contributed by atoms with Crippen molar-refractivity contribution in [1.82, 2.24) is 5.32 Å². The number of fused-ring (bicyclic) bond motifs is 1. The standard InChI is InChI=1S/C16H19NO2S2/c1-12(10-13-6-8-20-11-13)17-15-7-9-21(18,19)16-5-3-2-4-14(15)16/h2-6,8,11-12,15,17H,7,9-10H2,1H3. The predicted octanol–water partition coefficient (Wildman–Crippen LogP) is 3.19. The Hall–Kier alpha value is -1.17. The molecule has 2 heterocycles. The van der Waals surface area contributed by atoms with Crippen LogP contribution >= 0.6 is 11.3 Å². The molecule has 1 aromatic carbocycles. The van der Waals surface area contributed by atoms with E-state index in [0.717, 1.165) is 12.0 Å². The van der Waals surface area contributed by atoms with E-state index in [4.69, 9.17) is 0 Å². The Balaban J connectivity index is 1.78. The second-order valence-electron chi connectivity index (χ2n) is 5.60. The fraction of sp³-hybridized carbons (Fsp3) is 0.375. The van der Waals surface area contributed by atoms with Gasteiger partial charge in [0, 0.05) is 12.1 Å². The number of hydrogen-bond donors (Lipinski definition) is 1. The van der Waals surface area contributed by atoms with Gasteiger partial charge >= 0.3 is 0 Å². The van der Waals surface area contributed by atoms with Crippen LogP contribution in [0, 0.1) is 0 Å². The summed E-state index contributed by atoms with van der Waals surface area (Å²) in [6.45, 7) is 2.16. The second-order valence-corrected chi connectivity index (χ2v) is 8.46. The van der Waals surface area contributed by atoms with E-state index in [1.54, 1.807) is 23.5 Å². The number of nitrogens with one attached hydrogen (secondary N) is 1. The average Bonchev–Trinajstić information content (AvgIpc) is 2.95. The Morgan fingerprint density at radius 3 is 2.90 bits per heavy atom. The maximum atomic E-state index is 12.1. The molecule has 2 unspecified atom stereocenters. The lowest BCUT2D eigenvalue weighted by Gasteiger charge is -2.29.